The van der Waals surface area contributed by atoms with Gasteiger partial charge in [-0.05, 0) is 25.7 Å². The number of imidazole rings is 1. The molecule has 1 aromatic heterocycles. The van der Waals surface area contributed by atoms with Gasteiger partial charge in [0.15, 0.2) is 0 Å². The molecule has 0 bridgehead atoms. The molecule has 2 N–H and O–H groups in total. The lowest BCUT2D eigenvalue weighted by atomic mass is 9.96. The zero-order valence-electron chi connectivity index (χ0n) is 12.2. The van der Waals surface area contributed by atoms with E-state index in [-0.39, 0.29) is 0 Å². The van der Waals surface area contributed by atoms with Gasteiger partial charge in [-0.2, -0.15) is 0 Å². The topological polar surface area (TPSA) is 53.1 Å². The number of ether oxygens (including phenoxy) is 1. The highest BCUT2D eigenvalue weighted by atomic mass is 16.5. The standard InChI is InChI=1S/C16H25N3O/c1-2-9-19-15(17)14(12-7-10-20-11-8-12)18-16(19)13-5-3-4-6-13/h2,12-13H,1,3-11,17H2. The molecule has 20 heavy (non-hydrogen) atoms. The highest BCUT2D eigenvalue weighted by molar-refractivity contribution is 5.42. The summed E-state index contributed by atoms with van der Waals surface area (Å²) in [7, 11) is 0. The zero-order chi connectivity index (χ0) is 13.9. The molecule has 4 nitrogen and oxygen atoms in total. The van der Waals surface area contributed by atoms with E-state index in [0.29, 0.717) is 11.8 Å². The molecule has 1 aliphatic carbocycles. The molecule has 0 amide bonds. The Bertz CT molecular complexity index is 468. The minimum Gasteiger partial charge on any atom is -0.384 e. The number of nitrogens with two attached hydrogens (primary N) is 1. The van der Waals surface area contributed by atoms with Crippen molar-refractivity contribution >= 4 is 5.82 Å². The molecule has 0 atom stereocenters. The van der Waals surface area contributed by atoms with Gasteiger partial charge in [0.05, 0.1) is 5.69 Å². The number of aromatic nitrogens is 2. The van der Waals surface area contributed by atoms with Gasteiger partial charge in [-0.3, -0.25) is 0 Å². The summed E-state index contributed by atoms with van der Waals surface area (Å²) in [5.74, 6) is 3.11. The van der Waals surface area contributed by atoms with Crippen LogP contribution in [0.2, 0.25) is 0 Å². The molecular formula is C16H25N3O. The fraction of sp³-hybridized carbons (Fsp3) is 0.688. The lowest BCUT2D eigenvalue weighted by molar-refractivity contribution is 0.0847. The lowest BCUT2D eigenvalue weighted by Gasteiger charge is -2.20. The normalized spacial score (nSPS) is 21.4. The van der Waals surface area contributed by atoms with Gasteiger partial charge < -0.3 is 15.0 Å². The van der Waals surface area contributed by atoms with E-state index >= 15 is 0 Å². The summed E-state index contributed by atoms with van der Waals surface area (Å²) >= 11 is 0. The quantitative estimate of drug-likeness (QED) is 0.858. The Labute approximate surface area is 121 Å². The summed E-state index contributed by atoms with van der Waals surface area (Å²) in [5, 5.41) is 0. The second kappa shape index (κ2) is 6.00. The van der Waals surface area contributed by atoms with Crippen LogP contribution >= 0.6 is 0 Å². The maximum Gasteiger partial charge on any atom is 0.127 e. The van der Waals surface area contributed by atoms with E-state index in [9.17, 15) is 0 Å². The monoisotopic (exact) mass is 275 g/mol. The number of anilines is 1. The molecule has 110 valence electrons. The molecule has 2 fully saturated rings. The molecule has 1 saturated carbocycles. The average Bonchev–Trinajstić information content (AvgIpc) is 3.10. The van der Waals surface area contributed by atoms with Gasteiger partial charge in [-0.15, -0.1) is 6.58 Å². The van der Waals surface area contributed by atoms with Crippen molar-refractivity contribution in [3.63, 3.8) is 0 Å². The Kier molecular flexibility index (Phi) is 4.10. The summed E-state index contributed by atoms with van der Waals surface area (Å²) in [6.45, 7) is 6.30. The van der Waals surface area contributed by atoms with Crippen LogP contribution in [0.3, 0.4) is 0 Å². The van der Waals surface area contributed by atoms with Crippen molar-refractivity contribution in [3.8, 4) is 0 Å². The molecule has 1 aromatic rings. The van der Waals surface area contributed by atoms with Crippen LogP contribution in [0.25, 0.3) is 0 Å². The third-order valence-electron chi connectivity index (χ3n) is 4.70. The van der Waals surface area contributed by atoms with Gasteiger partial charge in [0.1, 0.15) is 11.6 Å². The van der Waals surface area contributed by atoms with Crippen molar-refractivity contribution in [2.45, 2.75) is 56.9 Å². The molecule has 1 saturated heterocycles. The largest absolute Gasteiger partial charge is 0.384 e. The minimum atomic E-state index is 0.468. The third-order valence-corrected chi connectivity index (χ3v) is 4.70. The van der Waals surface area contributed by atoms with E-state index in [1.54, 1.807) is 0 Å². The van der Waals surface area contributed by atoms with Crippen LogP contribution in [-0.2, 0) is 11.3 Å². The van der Waals surface area contributed by atoms with E-state index in [0.717, 1.165) is 44.1 Å². The smallest absolute Gasteiger partial charge is 0.127 e. The lowest BCUT2D eigenvalue weighted by Crippen LogP contribution is -2.16. The molecule has 0 radical (unpaired) electrons. The number of hydrogen-bond acceptors (Lipinski definition) is 3. The zero-order valence-corrected chi connectivity index (χ0v) is 12.2. The summed E-state index contributed by atoms with van der Waals surface area (Å²) < 4.78 is 7.64. The second-order valence-corrected chi connectivity index (χ2v) is 6.01. The average molecular weight is 275 g/mol. The van der Waals surface area contributed by atoms with Gasteiger partial charge in [0.2, 0.25) is 0 Å². The SMILES string of the molecule is C=CCn1c(C2CCCC2)nc(C2CCOCC2)c1N. The predicted octanol–water partition coefficient (Wildman–Crippen LogP) is 3.20. The van der Waals surface area contributed by atoms with Crippen LogP contribution in [-0.4, -0.2) is 22.8 Å². The highest BCUT2D eigenvalue weighted by Gasteiger charge is 2.28. The van der Waals surface area contributed by atoms with Gasteiger partial charge in [0.25, 0.3) is 0 Å². The molecule has 0 unspecified atom stereocenters. The van der Waals surface area contributed by atoms with Gasteiger partial charge in [-0.25, -0.2) is 4.98 Å². The first-order valence-electron chi connectivity index (χ1n) is 7.85. The van der Waals surface area contributed by atoms with E-state index in [1.165, 1.54) is 31.5 Å². The van der Waals surface area contributed by atoms with E-state index in [1.807, 2.05) is 6.08 Å². The number of allylic oxidation sites excluding steroid dienone is 1. The Hall–Kier alpha value is -1.29. The van der Waals surface area contributed by atoms with Crippen LogP contribution in [0.4, 0.5) is 5.82 Å². The summed E-state index contributed by atoms with van der Waals surface area (Å²) in [6, 6.07) is 0. The van der Waals surface area contributed by atoms with Crippen molar-refractivity contribution < 1.29 is 4.74 Å². The van der Waals surface area contributed by atoms with Gasteiger partial charge in [-0.1, -0.05) is 18.9 Å². The van der Waals surface area contributed by atoms with Gasteiger partial charge >= 0.3 is 0 Å². The molecule has 0 aromatic carbocycles. The Balaban J connectivity index is 1.93. The van der Waals surface area contributed by atoms with Crippen molar-refractivity contribution in [2.75, 3.05) is 18.9 Å². The maximum atomic E-state index is 6.40. The summed E-state index contributed by atoms with van der Waals surface area (Å²) in [5.41, 5.74) is 7.51. The van der Waals surface area contributed by atoms with Crippen LogP contribution in [0, 0.1) is 0 Å². The van der Waals surface area contributed by atoms with Crippen LogP contribution in [0.1, 0.15) is 61.9 Å². The van der Waals surface area contributed by atoms with Crippen LogP contribution in [0.15, 0.2) is 12.7 Å². The number of hydrogen-bond donors (Lipinski definition) is 1. The molecule has 0 spiro atoms. The number of rotatable bonds is 4. The summed E-state index contributed by atoms with van der Waals surface area (Å²) in [4.78, 5) is 4.97. The predicted molar refractivity (Wildman–Crippen MR) is 80.8 cm³/mol. The highest BCUT2D eigenvalue weighted by Crippen LogP contribution is 2.38. The fourth-order valence-electron chi connectivity index (χ4n) is 3.59. The third kappa shape index (κ3) is 2.49. The molecule has 4 heteroatoms. The first-order valence-corrected chi connectivity index (χ1v) is 7.85. The van der Waals surface area contributed by atoms with Crippen molar-refractivity contribution in [1.82, 2.24) is 9.55 Å². The number of nitrogen functional groups attached to an aromatic ring is 1. The van der Waals surface area contributed by atoms with Crippen molar-refractivity contribution in [1.29, 1.82) is 0 Å². The van der Waals surface area contributed by atoms with Crippen LogP contribution in [0.5, 0.6) is 0 Å². The molecule has 2 heterocycles. The molecule has 2 aliphatic rings. The Morgan fingerprint density at radius 2 is 1.90 bits per heavy atom. The Morgan fingerprint density at radius 1 is 1.20 bits per heavy atom. The molecular weight excluding hydrogens is 250 g/mol. The molecule has 3 rings (SSSR count). The van der Waals surface area contributed by atoms with E-state index < -0.39 is 0 Å². The first kappa shape index (κ1) is 13.7. The summed E-state index contributed by atoms with van der Waals surface area (Å²) in [6.07, 6.45) is 9.14. The Morgan fingerprint density at radius 3 is 2.55 bits per heavy atom. The maximum absolute atomic E-state index is 6.40. The van der Waals surface area contributed by atoms with Crippen molar-refractivity contribution in [2.24, 2.45) is 0 Å². The van der Waals surface area contributed by atoms with Gasteiger partial charge in [0, 0.05) is 31.6 Å². The van der Waals surface area contributed by atoms with E-state index in [2.05, 4.69) is 11.1 Å². The van der Waals surface area contributed by atoms with E-state index in [4.69, 9.17) is 15.5 Å². The van der Waals surface area contributed by atoms with Crippen molar-refractivity contribution in [3.05, 3.63) is 24.2 Å². The molecule has 1 aliphatic heterocycles. The van der Waals surface area contributed by atoms with Crippen LogP contribution < -0.4 is 5.73 Å². The fourth-order valence-corrected chi connectivity index (χ4v) is 3.59. The minimum absolute atomic E-state index is 0.468. The first-order chi connectivity index (χ1) is 9.81. The number of nitrogens with zero attached hydrogens (tertiary/aromatic N) is 2. The second-order valence-electron chi connectivity index (χ2n) is 6.01.